The van der Waals surface area contributed by atoms with Gasteiger partial charge in [0.05, 0.1) is 33.6 Å². The number of hydrogen-bond donors (Lipinski definition) is 0. The molecule has 17 rings (SSSR count). The number of thiophene rings is 2. The topological polar surface area (TPSA) is 60.7 Å². The second-order valence-corrected chi connectivity index (χ2v) is 22.3. The summed E-state index contributed by atoms with van der Waals surface area (Å²) in [7, 11) is 0. The Kier molecular flexibility index (Phi) is 8.47. The van der Waals surface area contributed by atoms with E-state index >= 15 is 0 Å². The maximum Gasteiger partial charge on any atom is 0.252 e. The summed E-state index contributed by atoms with van der Waals surface area (Å²) >= 11 is 3.65. The number of anilines is 3. The first-order valence-electron chi connectivity index (χ1n) is 25.6. The van der Waals surface area contributed by atoms with Crippen LogP contribution in [0.1, 0.15) is 11.1 Å². The third kappa shape index (κ3) is 5.51. The predicted octanol–water partition coefficient (Wildman–Crippen LogP) is 16.3. The summed E-state index contributed by atoms with van der Waals surface area (Å²) in [6.07, 6.45) is 0. The molecule has 348 valence electrons. The van der Waals surface area contributed by atoms with Gasteiger partial charge in [0.15, 0.2) is 0 Å². The molecule has 0 unspecified atom stereocenters. The zero-order valence-corrected chi connectivity index (χ0v) is 42.0. The molecule has 2 aliphatic heterocycles. The first-order valence-corrected chi connectivity index (χ1v) is 27.2. The molecule has 11 aromatic carbocycles. The molecule has 0 radical (unpaired) electrons. The van der Waals surface area contributed by atoms with Gasteiger partial charge in [0.2, 0.25) is 0 Å². The average Bonchev–Trinajstić information content (AvgIpc) is 4.36. The highest BCUT2D eigenvalue weighted by molar-refractivity contribution is 7.26. The summed E-state index contributed by atoms with van der Waals surface area (Å²) in [5.41, 5.74) is 16.6. The van der Waals surface area contributed by atoms with E-state index in [1.807, 2.05) is 28.7 Å². The Balaban J connectivity index is 1.01. The number of fused-ring (bicyclic) bond motifs is 16. The second kappa shape index (κ2) is 15.4. The monoisotopic (exact) mass is 997 g/mol. The number of aromatic nitrogens is 2. The highest BCUT2D eigenvalue weighted by Crippen LogP contribution is 2.49. The van der Waals surface area contributed by atoms with E-state index in [0.29, 0.717) is 16.8 Å². The Morgan fingerprint density at radius 3 is 1.49 bits per heavy atom. The lowest BCUT2D eigenvalue weighted by Crippen LogP contribution is -2.61. The Morgan fingerprint density at radius 2 is 0.842 bits per heavy atom. The largest absolute Gasteiger partial charge is 0.310 e. The standard InChI is InChI=1S/C68H36BN5S2/c70-37-52-65(53(38-71)68-64-67(52)72(43-13-2-1-3-14-43)59-22-9-7-19-54(59)69(64)55-20-12-18-47-44-15-4-8-21-56(44)74(68)66(47)55)73-57-29-25-39(41-27-31-62-50(35-41)45-16-5-10-23-60(45)75-62)33-48(57)49-34-40(26-30-58(49)73)42-28-32-63-51(36-42)46-17-6-11-24-61(46)76-63/h1-36H. The molecule has 0 fully saturated rings. The summed E-state index contributed by atoms with van der Waals surface area (Å²) in [4.78, 5) is 2.28. The normalized spacial score (nSPS) is 12.7. The molecule has 0 amide bonds. The molecule has 0 N–H and O–H groups in total. The molecule has 0 bridgehead atoms. The minimum absolute atomic E-state index is 0.256. The van der Waals surface area contributed by atoms with Crippen LogP contribution in [0.4, 0.5) is 17.1 Å². The van der Waals surface area contributed by atoms with Crippen molar-refractivity contribution in [2.75, 3.05) is 4.90 Å². The van der Waals surface area contributed by atoms with E-state index in [0.717, 1.165) is 105 Å². The maximum atomic E-state index is 12.2. The summed E-state index contributed by atoms with van der Waals surface area (Å²) in [5, 5.41) is 33.7. The van der Waals surface area contributed by atoms with Crippen molar-refractivity contribution in [3.8, 4) is 45.8 Å². The highest BCUT2D eigenvalue weighted by atomic mass is 32.1. The number of nitriles is 2. The summed E-state index contributed by atoms with van der Waals surface area (Å²) < 4.78 is 9.65. The van der Waals surface area contributed by atoms with E-state index < -0.39 is 0 Å². The second-order valence-electron chi connectivity index (χ2n) is 20.1. The van der Waals surface area contributed by atoms with Gasteiger partial charge in [-0.1, -0.05) is 133 Å². The SMILES string of the molecule is N#Cc1c2c3c(c(C#N)c1-n1c4ccc(-c5ccc6sc7ccccc7c6c5)cc4c4cc(-c5ccc6sc7ccccc7c6c5)ccc41)-n1c4ccccc4c4cccc(c41)B3c1ccccc1N2c1ccccc1. The van der Waals surface area contributed by atoms with Crippen molar-refractivity contribution in [1.82, 2.24) is 9.13 Å². The number of para-hydroxylation sites is 4. The van der Waals surface area contributed by atoms with Crippen molar-refractivity contribution < 1.29 is 0 Å². The fourth-order valence-corrected chi connectivity index (χ4v) is 15.4. The Labute approximate surface area is 443 Å². The molecule has 8 heteroatoms. The summed E-state index contributed by atoms with van der Waals surface area (Å²) in [6, 6.07) is 84.4. The van der Waals surface area contributed by atoms with Crippen molar-refractivity contribution in [1.29, 1.82) is 10.5 Å². The van der Waals surface area contributed by atoms with Crippen molar-refractivity contribution in [2.45, 2.75) is 0 Å². The van der Waals surface area contributed by atoms with E-state index in [2.05, 4.69) is 238 Å². The van der Waals surface area contributed by atoms with Crippen LogP contribution in [0.15, 0.2) is 218 Å². The van der Waals surface area contributed by atoms with Gasteiger partial charge < -0.3 is 14.0 Å². The Bertz CT molecular complexity index is 5010. The molecule has 0 saturated heterocycles. The number of hydrogen-bond acceptors (Lipinski definition) is 5. The fraction of sp³-hybridized carbons (Fsp3) is 0. The first kappa shape index (κ1) is 41.7. The van der Waals surface area contributed by atoms with Crippen LogP contribution in [0.25, 0.3) is 118 Å². The molecule has 15 aromatic rings. The lowest BCUT2D eigenvalue weighted by atomic mass is 9.33. The van der Waals surface area contributed by atoms with Crippen LogP contribution in [-0.4, -0.2) is 15.8 Å². The third-order valence-electron chi connectivity index (χ3n) is 16.4. The Morgan fingerprint density at radius 1 is 0.355 bits per heavy atom. The van der Waals surface area contributed by atoms with Gasteiger partial charge in [-0.25, -0.2) is 0 Å². The fourth-order valence-electron chi connectivity index (χ4n) is 13.2. The molecule has 76 heavy (non-hydrogen) atoms. The maximum absolute atomic E-state index is 12.2. The number of nitrogens with zero attached hydrogens (tertiary/aromatic N) is 5. The molecule has 5 nitrogen and oxygen atoms in total. The summed E-state index contributed by atoms with van der Waals surface area (Å²) in [6.45, 7) is -0.256. The van der Waals surface area contributed by atoms with Crippen LogP contribution < -0.4 is 21.3 Å². The highest BCUT2D eigenvalue weighted by Gasteiger charge is 2.46. The van der Waals surface area contributed by atoms with Crippen LogP contribution in [0, 0.1) is 22.7 Å². The zero-order valence-electron chi connectivity index (χ0n) is 40.4. The minimum Gasteiger partial charge on any atom is -0.310 e. The molecule has 0 aliphatic carbocycles. The molecule has 2 aliphatic rings. The van der Waals surface area contributed by atoms with Gasteiger partial charge in [-0.15, -0.1) is 22.7 Å². The first-order chi connectivity index (χ1) is 37.6. The van der Waals surface area contributed by atoms with Gasteiger partial charge in [-0.2, -0.15) is 10.5 Å². The van der Waals surface area contributed by atoms with Gasteiger partial charge >= 0.3 is 0 Å². The van der Waals surface area contributed by atoms with Crippen LogP contribution in [-0.2, 0) is 0 Å². The van der Waals surface area contributed by atoms with Gasteiger partial charge in [-0.3, -0.25) is 0 Å². The number of rotatable bonds is 4. The minimum atomic E-state index is -0.256. The summed E-state index contributed by atoms with van der Waals surface area (Å²) in [5.74, 6) is 0. The van der Waals surface area contributed by atoms with E-state index in [1.165, 1.54) is 40.3 Å². The smallest absolute Gasteiger partial charge is 0.252 e. The predicted molar refractivity (Wildman–Crippen MR) is 321 cm³/mol. The number of benzene rings is 11. The van der Waals surface area contributed by atoms with Crippen LogP contribution in [0.2, 0.25) is 0 Å². The van der Waals surface area contributed by atoms with Gasteiger partial charge in [0.1, 0.15) is 23.3 Å². The van der Waals surface area contributed by atoms with E-state index in [-0.39, 0.29) is 6.71 Å². The lowest BCUT2D eigenvalue weighted by Gasteiger charge is -2.41. The van der Waals surface area contributed by atoms with Gasteiger partial charge in [-0.05, 0) is 124 Å². The average molecular weight is 998 g/mol. The van der Waals surface area contributed by atoms with E-state index in [1.54, 1.807) is 0 Å². The van der Waals surface area contributed by atoms with Crippen molar-refractivity contribution in [2.24, 2.45) is 0 Å². The quantitative estimate of drug-likeness (QED) is 0.165. The third-order valence-corrected chi connectivity index (χ3v) is 18.7. The van der Waals surface area contributed by atoms with Crippen molar-refractivity contribution in [3.63, 3.8) is 0 Å². The molecule has 4 aromatic heterocycles. The molecule has 0 atom stereocenters. The molecule has 0 spiro atoms. The molecular weight excluding hydrogens is 962 g/mol. The van der Waals surface area contributed by atoms with Crippen LogP contribution in [0.5, 0.6) is 0 Å². The van der Waals surface area contributed by atoms with Crippen LogP contribution >= 0.6 is 22.7 Å². The van der Waals surface area contributed by atoms with Crippen molar-refractivity contribution >= 4 is 147 Å². The lowest BCUT2D eigenvalue weighted by molar-refractivity contribution is 1.10. The van der Waals surface area contributed by atoms with Crippen LogP contribution in [0.3, 0.4) is 0 Å². The van der Waals surface area contributed by atoms with E-state index in [4.69, 9.17) is 0 Å². The van der Waals surface area contributed by atoms with Crippen molar-refractivity contribution in [3.05, 3.63) is 230 Å². The van der Waals surface area contributed by atoms with Gasteiger partial charge in [0.25, 0.3) is 6.71 Å². The molecular formula is C68H36BN5S2. The van der Waals surface area contributed by atoms with Gasteiger partial charge in [0, 0.05) is 78.8 Å². The molecule has 6 heterocycles. The molecule has 0 saturated carbocycles. The zero-order chi connectivity index (χ0) is 49.9. The Hall–Kier alpha value is -9.70. The van der Waals surface area contributed by atoms with E-state index in [9.17, 15) is 10.5 Å².